The summed E-state index contributed by atoms with van der Waals surface area (Å²) >= 11 is 0. The molecule has 0 spiro atoms. The molecule has 3 atom stereocenters. The monoisotopic (exact) mass is 569 g/mol. The molecule has 226 valence electrons. The first-order valence-electron chi connectivity index (χ1n) is 14.1. The molecular formula is C32H47N3O6. The van der Waals surface area contributed by atoms with Gasteiger partial charge in [-0.25, -0.2) is 4.79 Å². The van der Waals surface area contributed by atoms with Gasteiger partial charge in [0.25, 0.3) is 5.91 Å². The molecule has 0 aromatic heterocycles. The van der Waals surface area contributed by atoms with Gasteiger partial charge in [0, 0.05) is 11.7 Å². The third-order valence-electron chi connectivity index (χ3n) is 6.76. The number of aliphatic hydroxyl groups is 1. The summed E-state index contributed by atoms with van der Waals surface area (Å²) in [6.07, 6.45) is 0.602. The second-order valence-corrected chi connectivity index (χ2v) is 11.9. The van der Waals surface area contributed by atoms with Gasteiger partial charge in [-0.3, -0.25) is 9.59 Å². The lowest BCUT2D eigenvalue weighted by Gasteiger charge is -2.39. The predicted octanol–water partition coefficient (Wildman–Crippen LogP) is 5.53. The molecule has 2 aromatic carbocycles. The lowest BCUT2D eigenvalue weighted by molar-refractivity contribution is -0.144. The maximum Gasteiger partial charge on any atom is 0.408 e. The van der Waals surface area contributed by atoms with Crippen molar-refractivity contribution in [3.8, 4) is 5.75 Å². The highest BCUT2D eigenvalue weighted by Gasteiger charge is 2.40. The van der Waals surface area contributed by atoms with Crippen molar-refractivity contribution in [1.82, 2.24) is 10.2 Å². The zero-order valence-electron chi connectivity index (χ0n) is 25.9. The number of anilines is 1. The van der Waals surface area contributed by atoms with Gasteiger partial charge in [0.2, 0.25) is 5.91 Å². The minimum atomic E-state index is -1.31. The largest absolute Gasteiger partial charge is 0.497 e. The Hall–Kier alpha value is -3.59. The highest BCUT2D eigenvalue weighted by molar-refractivity contribution is 5.99. The zero-order valence-corrected chi connectivity index (χ0v) is 25.9. The third kappa shape index (κ3) is 9.78. The molecule has 0 fully saturated rings. The van der Waals surface area contributed by atoms with E-state index in [2.05, 4.69) is 24.5 Å². The number of nitrogens with zero attached hydrogens (tertiary/aromatic N) is 1. The predicted molar refractivity (Wildman–Crippen MR) is 161 cm³/mol. The van der Waals surface area contributed by atoms with Crippen LogP contribution in [0.3, 0.4) is 0 Å². The van der Waals surface area contributed by atoms with E-state index < -0.39 is 48.2 Å². The van der Waals surface area contributed by atoms with Gasteiger partial charge in [-0.05, 0) is 101 Å². The standard InChI is InChI=1S/C32H47N3O6/c1-20(2)13-14-23(5)35(30(38)26(19-36)34-31(39)41-32(6,7)8)28(27-21(3)11-10-12-22(27)4)29(37)33-24-15-17-25(40-9)18-16-24/h10-12,15-18,20,23,26,28,36H,13-14,19H2,1-9H3,(H,33,37)(H,34,39). The lowest BCUT2D eigenvalue weighted by atomic mass is 9.91. The summed E-state index contributed by atoms with van der Waals surface area (Å²) in [5, 5.41) is 15.7. The van der Waals surface area contributed by atoms with Gasteiger partial charge in [-0.2, -0.15) is 0 Å². The summed E-state index contributed by atoms with van der Waals surface area (Å²) in [5.41, 5.74) is 2.12. The van der Waals surface area contributed by atoms with E-state index in [1.165, 1.54) is 4.90 Å². The van der Waals surface area contributed by atoms with Crippen molar-refractivity contribution in [2.45, 2.75) is 92.0 Å². The molecule has 0 aliphatic heterocycles. The quantitative estimate of drug-likeness (QED) is 0.309. The maximum absolute atomic E-state index is 14.2. The summed E-state index contributed by atoms with van der Waals surface area (Å²) in [4.78, 5) is 42.5. The van der Waals surface area contributed by atoms with Gasteiger partial charge < -0.3 is 30.1 Å². The second-order valence-electron chi connectivity index (χ2n) is 11.9. The molecule has 2 aromatic rings. The molecule has 0 heterocycles. The Kier molecular flexibility index (Phi) is 12.2. The Morgan fingerprint density at radius 3 is 2.02 bits per heavy atom. The molecule has 9 nitrogen and oxygen atoms in total. The molecule has 3 amide bonds. The van der Waals surface area contributed by atoms with Crippen LogP contribution in [0.1, 0.15) is 77.1 Å². The van der Waals surface area contributed by atoms with E-state index in [1.54, 1.807) is 52.1 Å². The topological polar surface area (TPSA) is 117 Å². The van der Waals surface area contributed by atoms with E-state index in [4.69, 9.17) is 9.47 Å². The number of carbonyl (C=O) groups is 3. The van der Waals surface area contributed by atoms with Crippen LogP contribution in [-0.4, -0.2) is 59.3 Å². The fourth-order valence-electron chi connectivity index (χ4n) is 4.67. The summed E-state index contributed by atoms with van der Waals surface area (Å²) < 4.78 is 10.6. The molecule has 9 heteroatoms. The van der Waals surface area contributed by atoms with Crippen LogP contribution in [0, 0.1) is 19.8 Å². The first-order chi connectivity index (χ1) is 19.2. The molecule has 3 unspecified atom stereocenters. The molecule has 0 bridgehead atoms. The maximum atomic E-state index is 14.2. The van der Waals surface area contributed by atoms with E-state index in [-0.39, 0.29) is 0 Å². The summed E-state index contributed by atoms with van der Waals surface area (Å²) in [6.45, 7) is 14.4. The molecule has 2 rings (SSSR count). The van der Waals surface area contributed by atoms with Crippen molar-refractivity contribution in [1.29, 1.82) is 0 Å². The number of aliphatic hydroxyl groups excluding tert-OH is 1. The van der Waals surface area contributed by atoms with Crippen molar-refractivity contribution in [2.75, 3.05) is 19.0 Å². The normalized spacial score (nSPS) is 13.6. The van der Waals surface area contributed by atoms with Gasteiger partial charge >= 0.3 is 6.09 Å². The van der Waals surface area contributed by atoms with Crippen LogP contribution in [0.15, 0.2) is 42.5 Å². The number of benzene rings is 2. The smallest absolute Gasteiger partial charge is 0.408 e. The van der Waals surface area contributed by atoms with E-state index in [0.717, 1.165) is 17.5 Å². The highest BCUT2D eigenvalue weighted by Crippen LogP contribution is 2.32. The number of hydrogen-bond acceptors (Lipinski definition) is 6. The van der Waals surface area contributed by atoms with Crippen LogP contribution >= 0.6 is 0 Å². The van der Waals surface area contributed by atoms with Crippen molar-refractivity contribution < 1.29 is 29.0 Å². The number of rotatable bonds is 12. The molecule has 0 aliphatic rings. The Morgan fingerprint density at radius 1 is 0.951 bits per heavy atom. The van der Waals surface area contributed by atoms with Crippen LogP contribution in [0.4, 0.5) is 10.5 Å². The molecule has 3 N–H and O–H groups in total. The Bertz CT molecular complexity index is 1150. The SMILES string of the molecule is COc1ccc(NC(=O)C(c2c(C)cccc2C)N(C(=O)C(CO)NC(=O)OC(C)(C)C)C(C)CCC(C)C)cc1. The van der Waals surface area contributed by atoms with Crippen LogP contribution in [-0.2, 0) is 14.3 Å². The molecule has 0 saturated heterocycles. The van der Waals surface area contributed by atoms with E-state index >= 15 is 0 Å². The number of ether oxygens (including phenoxy) is 2. The number of methoxy groups -OCH3 is 1. The number of alkyl carbamates (subject to hydrolysis) is 1. The molecular weight excluding hydrogens is 522 g/mol. The van der Waals surface area contributed by atoms with Crippen LogP contribution in [0.2, 0.25) is 0 Å². The third-order valence-corrected chi connectivity index (χ3v) is 6.76. The Morgan fingerprint density at radius 2 is 1.54 bits per heavy atom. The Labute approximate surface area is 244 Å². The van der Waals surface area contributed by atoms with E-state index in [0.29, 0.717) is 29.3 Å². The molecule has 0 aliphatic carbocycles. The molecule has 41 heavy (non-hydrogen) atoms. The summed E-state index contributed by atoms with van der Waals surface area (Å²) in [7, 11) is 1.56. The average molecular weight is 570 g/mol. The fraction of sp³-hybridized carbons (Fsp3) is 0.531. The number of aryl methyl sites for hydroxylation is 2. The van der Waals surface area contributed by atoms with Crippen molar-refractivity contribution >= 4 is 23.6 Å². The van der Waals surface area contributed by atoms with Crippen molar-refractivity contribution in [3.05, 3.63) is 59.2 Å². The number of amides is 3. The number of carbonyl (C=O) groups excluding carboxylic acids is 3. The molecule has 0 saturated carbocycles. The first-order valence-corrected chi connectivity index (χ1v) is 14.1. The number of hydrogen-bond donors (Lipinski definition) is 3. The van der Waals surface area contributed by atoms with Gasteiger partial charge in [0.05, 0.1) is 13.7 Å². The van der Waals surface area contributed by atoms with Crippen LogP contribution < -0.4 is 15.4 Å². The Balaban J connectivity index is 2.63. The van der Waals surface area contributed by atoms with E-state index in [9.17, 15) is 19.5 Å². The fourth-order valence-corrected chi connectivity index (χ4v) is 4.67. The van der Waals surface area contributed by atoms with Gasteiger partial charge in [0.1, 0.15) is 23.4 Å². The second kappa shape index (κ2) is 14.9. The van der Waals surface area contributed by atoms with Crippen LogP contribution in [0.5, 0.6) is 5.75 Å². The van der Waals surface area contributed by atoms with Gasteiger partial charge in [0.15, 0.2) is 0 Å². The van der Waals surface area contributed by atoms with Crippen molar-refractivity contribution in [2.24, 2.45) is 5.92 Å². The minimum Gasteiger partial charge on any atom is -0.497 e. The lowest BCUT2D eigenvalue weighted by Crippen LogP contribution is -2.56. The number of nitrogens with one attached hydrogen (secondary N) is 2. The van der Waals surface area contributed by atoms with E-state index in [1.807, 2.05) is 39.0 Å². The molecule has 0 radical (unpaired) electrons. The zero-order chi connectivity index (χ0) is 30.9. The van der Waals surface area contributed by atoms with Gasteiger partial charge in [-0.1, -0.05) is 32.0 Å². The highest BCUT2D eigenvalue weighted by atomic mass is 16.6. The average Bonchev–Trinajstić information content (AvgIpc) is 2.88. The summed E-state index contributed by atoms with van der Waals surface area (Å²) in [6, 6.07) is 9.90. The van der Waals surface area contributed by atoms with Crippen molar-refractivity contribution in [3.63, 3.8) is 0 Å². The van der Waals surface area contributed by atoms with Crippen LogP contribution in [0.25, 0.3) is 0 Å². The van der Waals surface area contributed by atoms with Gasteiger partial charge in [-0.15, -0.1) is 0 Å². The summed E-state index contributed by atoms with van der Waals surface area (Å²) in [5.74, 6) is 0.0283. The first kappa shape index (κ1) is 33.6. The minimum absolute atomic E-state index is 0.370.